The highest BCUT2D eigenvalue weighted by Gasteiger charge is 2.35. The summed E-state index contributed by atoms with van der Waals surface area (Å²) >= 11 is 5.31. The fraction of sp³-hybridized carbons (Fsp3) is 0.333. The molecule has 0 saturated carbocycles. The van der Waals surface area contributed by atoms with E-state index in [1.165, 1.54) is 0 Å². The maximum absolute atomic E-state index is 12.5. The minimum Gasteiger partial charge on any atom is -0.403 e. The maximum Gasteiger partial charge on any atom is 0.573 e. The van der Waals surface area contributed by atoms with Gasteiger partial charge in [0.1, 0.15) is 0 Å². The molecule has 1 heterocycles. The number of rotatable bonds is 4. The first-order valence-electron chi connectivity index (χ1n) is 4.37. The molecule has 0 atom stereocenters. The summed E-state index contributed by atoms with van der Waals surface area (Å²) in [5.41, 5.74) is -2.30. The van der Waals surface area contributed by atoms with Crippen molar-refractivity contribution in [3.63, 3.8) is 0 Å². The Morgan fingerprint density at radius 2 is 2.06 bits per heavy atom. The highest BCUT2D eigenvalue weighted by molar-refractivity contribution is 6.17. The predicted octanol–water partition coefficient (Wildman–Crippen LogP) is 3.47. The van der Waals surface area contributed by atoms with E-state index in [0.717, 1.165) is 0 Å². The Kier molecular flexibility index (Phi) is 4.44. The number of hydrogen-bond acceptors (Lipinski definition) is 3. The van der Waals surface area contributed by atoms with E-state index in [1.54, 1.807) is 0 Å². The predicted molar refractivity (Wildman–Crippen MR) is 50.8 cm³/mol. The highest BCUT2D eigenvalue weighted by atomic mass is 35.5. The molecule has 0 aliphatic rings. The molecule has 0 radical (unpaired) electrons. The fourth-order valence-electron chi connectivity index (χ4n) is 1.18. The van der Waals surface area contributed by atoms with Crippen LogP contribution in [0.25, 0.3) is 0 Å². The molecule has 3 nitrogen and oxygen atoms in total. The summed E-state index contributed by atoms with van der Waals surface area (Å²) in [5, 5.41) is 0. The van der Waals surface area contributed by atoms with Crippen LogP contribution in [-0.2, 0) is 5.88 Å². The van der Waals surface area contributed by atoms with Crippen molar-refractivity contribution >= 4 is 17.9 Å². The molecular weight excluding hydrogens is 285 g/mol. The molecule has 0 spiro atoms. The Morgan fingerprint density at radius 3 is 2.44 bits per heavy atom. The number of aldehydes is 1. The third kappa shape index (κ3) is 3.28. The molecule has 0 aliphatic carbocycles. The number of hydrogen-bond donors (Lipinski definition) is 0. The molecule has 0 unspecified atom stereocenters. The Labute approximate surface area is 103 Å². The summed E-state index contributed by atoms with van der Waals surface area (Å²) in [5.74, 6) is -1.61. The van der Waals surface area contributed by atoms with E-state index in [9.17, 15) is 26.7 Å². The zero-order valence-electron chi connectivity index (χ0n) is 8.47. The molecule has 0 saturated heterocycles. The van der Waals surface area contributed by atoms with Crippen molar-refractivity contribution in [3.05, 3.63) is 23.0 Å². The van der Waals surface area contributed by atoms with Crippen LogP contribution in [0.5, 0.6) is 5.75 Å². The zero-order valence-corrected chi connectivity index (χ0v) is 9.23. The van der Waals surface area contributed by atoms with Gasteiger partial charge in [0.25, 0.3) is 6.43 Å². The highest BCUT2D eigenvalue weighted by Crippen LogP contribution is 2.34. The number of aromatic nitrogens is 1. The summed E-state index contributed by atoms with van der Waals surface area (Å²) in [6.45, 7) is 0. The lowest BCUT2D eigenvalue weighted by Gasteiger charge is -2.15. The average molecular weight is 290 g/mol. The van der Waals surface area contributed by atoms with E-state index in [-0.39, 0.29) is 6.29 Å². The van der Waals surface area contributed by atoms with E-state index in [4.69, 9.17) is 11.6 Å². The monoisotopic (exact) mass is 289 g/mol. The largest absolute Gasteiger partial charge is 0.573 e. The number of nitrogens with zero attached hydrogens (tertiary/aromatic N) is 1. The van der Waals surface area contributed by atoms with Gasteiger partial charge in [0.05, 0.1) is 22.7 Å². The topological polar surface area (TPSA) is 39.2 Å². The van der Waals surface area contributed by atoms with E-state index in [1.807, 2.05) is 0 Å². The lowest BCUT2D eigenvalue weighted by atomic mass is 10.1. The van der Waals surface area contributed by atoms with Gasteiger partial charge in [-0.3, -0.25) is 9.78 Å². The summed E-state index contributed by atoms with van der Waals surface area (Å²) in [4.78, 5) is 14.0. The van der Waals surface area contributed by atoms with Crippen LogP contribution in [0.1, 0.15) is 28.0 Å². The van der Waals surface area contributed by atoms with Gasteiger partial charge in [-0.25, -0.2) is 8.78 Å². The van der Waals surface area contributed by atoms with Gasteiger partial charge in [0.15, 0.2) is 12.0 Å². The molecule has 1 aromatic rings. The second kappa shape index (κ2) is 5.47. The summed E-state index contributed by atoms with van der Waals surface area (Å²) in [6, 6.07) is 0. The Bertz CT molecular complexity index is 449. The summed E-state index contributed by atoms with van der Waals surface area (Å²) in [7, 11) is 0. The van der Waals surface area contributed by atoms with Crippen LogP contribution in [-0.4, -0.2) is 17.6 Å². The first-order chi connectivity index (χ1) is 8.30. The summed E-state index contributed by atoms with van der Waals surface area (Å²) in [6.07, 6.45) is -7.85. The SMILES string of the molecule is O=Cc1c(C(F)F)cnc(CCl)c1OC(F)(F)F. The molecule has 1 aromatic heterocycles. The van der Waals surface area contributed by atoms with Crippen LogP contribution >= 0.6 is 11.6 Å². The first-order valence-corrected chi connectivity index (χ1v) is 4.90. The van der Waals surface area contributed by atoms with E-state index in [2.05, 4.69) is 9.72 Å². The zero-order chi connectivity index (χ0) is 13.9. The molecule has 18 heavy (non-hydrogen) atoms. The molecule has 9 heteroatoms. The van der Waals surface area contributed by atoms with Gasteiger partial charge in [0, 0.05) is 6.20 Å². The van der Waals surface area contributed by atoms with Gasteiger partial charge in [-0.1, -0.05) is 0 Å². The number of ether oxygens (including phenoxy) is 1. The van der Waals surface area contributed by atoms with Crippen LogP contribution in [0.3, 0.4) is 0 Å². The maximum atomic E-state index is 12.5. The molecular formula is C9H5ClF5NO2. The Morgan fingerprint density at radius 1 is 1.44 bits per heavy atom. The average Bonchev–Trinajstić information content (AvgIpc) is 2.26. The minimum atomic E-state index is -5.14. The Balaban J connectivity index is 3.42. The molecule has 0 fully saturated rings. The number of carbonyl (C=O) groups excluding carboxylic acids is 1. The molecule has 0 N–H and O–H groups in total. The van der Waals surface area contributed by atoms with Gasteiger partial charge >= 0.3 is 6.36 Å². The second-order valence-corrected chi connectivity index (χ2v) is 3.27. The van der Waals surface area contributed by atoms with Gasteiger partial charge in [-0.15, -0.1) is 24.8 Å². The Hall–Kier alpha value is -1.44. The van der Waals surface area contributed by atoms with Crippen LogP contribution in [0.15, 0.2) is 6.20 Å². The summed E-state index contributed by atoms with van der Waals surface area (Å²) < 4.78 is 64.8. The number of alkyl halides is 6. The minimum absolute atomic E-state index is 0.152. The third-order valence-electron chi connectivity index (χ3n) is 1.87. The molecule has 0 aromatic carbocycles. The third-order valence-corrected chi connectivity index (χ3v) is 2.13. The van der Waals surface area contributed by atoms with E-state index < -0.39 is 41.2 Å². The standard InChI is InChI=1S/C9H5ClF5NO2/c10-1-6-7(18-9(13,14)15)5(3-17)4(2-16-6)8(11)12/h2-3,8H,1H2. The normalized spacial score (nSPS) is 11.7. The molecule has 0 bridgehead atoms. The van der Waals surface area contributed by atoms with Gasteiger partial charge in [-0.2, -0.15) is 0 Å². The quantitative estimate of drug-likeness (QED) is 0.484. The van der Waals surface area contributed by atoms with Gasteiger partial charge in [-0.05, 0) is 0 Å². The molecule has 100 valence electrons. The lowest BCUT2D eigenvalue weighted by molar-refractivity contribution is -0.275. The number of carbonyl (C=O) groups is 1. The lowest BCUT2D eigenvalue weighted by Crippen LogP contribution is -2.20. The van der Waals surface area contributed by atoms with Crippen molar-refractivity contribution in [1.29, 1.82) is 0 Å². The van der Waals surface area contributed by atoms with E-state index >= 15 is 0 Å². The van der Waals surface area contributed by atoms with Crippen molar-refractivity contribution in [1.82, 2.24) is 4.98 Å². The molecule has 0 aliphatic heterocycles. The molecule has 1 rings (SSSR count). The van der Waals surface area contributed by atoms with Crippen molar-refractivity contribution in [2.45, 2.75) is 18.7 Å². The molecule has 0 amide bonds. The van der Waals surface area contributed by atoms with Crippen molar-refractivity contribution in [3.8, 4) is 5.75 Å². The number of halogens is 6. The van der Waals surface area contributed by atoms with Crippen LogP contribution < -0.4 is 4.74 Å². The second-order valence-electron chi connectivity index (χ2n) is 3.00. The van der Waals surface area contributed by atoms with Crippen LogP contribution in [0.4, 0.5) is 22.0 Å². The van der Waals surface area contributed by atoms with Crippen molar-refractivity contribution < 1.29 is 31.5 Å². The van der Waals surface area contributed by atoms with Crippen LogP contribution in [0.2, 0.25) is 0 Å². The first kappa shape index (κ1) is 14.6. The smallest absolute Gasteiger partial charge is 0.403 e. The van der Waals surface area contributed by atoms with Crippen molar-refractivity contribution in [2.75, 3.05) is 0 Å². The van der Waals surface area contributed by atoms with Crippen LogP contribution in [0, 0.1) is 0 Å². The van der Waals surface area contributed by atoms with E-state index in [0.29, 0.717) is 6.20 Å². The number of pyridine rings is 1. The fourth-order valence-corrected chi connectivity index (χ4v) is 1.37. The van der Waals surface area contributed by atoms with Gasteiger partial charge in [0.2, 0.25) is 0 Å². The van der Waals surface area contributed by atoms with Crippen molar-refractivity contribution in [2.24, 2.45) is 0 Å². The van der Waals surface area contributed by atoms with Gasteiger partial charge < -0.3 is 4.74 Å².